The zero-order chi connectivity index (χ0) is 10.9. The Hall–Kier alpha value is -0.940. The second kappa shape index (κ2) is 3.90. The highest BCUT2D eigenvalue weighted by atomic mass is 19.1. The molecule has 5 heteroatoms. The first-order valence-electron chi connectivity index (χ1n) is 5.14. The predicted molar refractivity (Wildman–Crippen MR) is 53.2 cm³/mol. The molecule has 0 atom stereocenters. The molecule has 1 saturated heterocycles. The van der Waals surface area contributed by atoms with E-state index in [-0.39, 0.29) is 24.3 Å². The summed E-state index contributed by atoms with van der Waals surface area (Å²) in [5.41, 5.74) is -0.364. The maximum absolute atomic E-state index is 13.1. The Morgan fingerprint density at radius 2 is 2.40 bits per heavy atom. The van der Waals surface area contributed by atoms with Crippen molar-refractivity contribution in [3.63, 3.8) is 0 Å². The molecule has 0 bridgehead atoms. The van der Waals surface area contributed by atoms with Gasteiger partial charge in [-0.15, -0.1) is 0 Å². The second-order valence-corrected chi connectivity index (χ2v) is 4.26. The number of hydrogen-bond acceptors (Lipinski definition) is 3. The van der Waals surface area contributed by atoms with Crippen molar-refractivity contribution in [1.29, 1.82) is 0 Å². The van der Waals surface area contributed by atoms with Crippen LogP contribution in [0.3, 0.4) is 0 Å². The van der Waals surface area contributed by atoms with Crippen molar-refractivity contribution < 1.29 is 14.3 Å². The molecular formula is C10H15FN2O2. The lowest BCUT2D eigenvalue weighted by Crippen LogP contribution is -2.70. The highest BCUT2D eigenvalue weighted by Gasteiger charge is 2.44. The van der Waals surface area contributed by atoms with Crippen molar-refractivity contribution in [2.75, 3.05) is 26.2 Å². The summed E-state index contributed by atoms with van der Waals surface area (Å²) in [7, 11) is 0. The van der Waals surface area contributed by atoms with Crippen LogP contribution in [0.1, 0.15) is 12.8 Å². The number of aliphatic carboxylic acids is 1. The molecule has 84 valence electrons. The summed E-state index contributed by atoms with van der Waals surface area (Å²) in [6.45, 7) is 2.30. The molecule has 0 aromatic heterocycles. The smallest absolute Gasteiger partial charge is 0.305 e. The minimum atomic E-state index is -0.813. The van der Waals surface area contributed by atoms with E-state index in [0.717, 1.165) is 6.54 Å². The van der Waals surface area contributed by atoms with Gasteiger partial charge in [-0.25, -0.2) is 4.39 Å². The molecule has 2 aliphatic rings. The third-order valence-electron chi connectivity index (χ3n) is 3.17. The topological polar surface area (TPSA) is 52.6 Å². The number of hydrogen-bond donors (Lipinski definition) is 2. The van der Waals surface area contributed by atoms with Crippen LogP contribution in [-0.4, -0.2) is 47.7 Å². The van der Waals surface area contributed by atoms with E-state index >= 15 is 0 Å². The number of carboxylic acid groups (broad SMARTS) is 1. The predicted octanol–water partition coefficient (Wildman–Crippen LogP) is 0.362. The van der Waals surface area contributed by atoms with Gasteiger partial charge in [0.05, 0.1) is 18.5 Å². The average molecular weight is 214 g/mol. The van der Waals surface area contributed by atoms with Gasteiger partial charge in [0.2, 0.25) is 0 Å². The van der Waals surface area contributed by atoms with Crippen molar-refractivity contribution in [3.05, 3.63) is 11.9 Å². The van der Waals surface area contributed by atoms with Crippen LogP contribution in [0, 0.1) is 0 Å². The lowest BCUT2D eigenvalue weighted by molar-refractivity contribution is -0.141. The van der Waals surface area contributed by atoms with Crippen LogP contribution in [0.5, 0.6) is 0 Å². The van der Waals surface area contributed by atoms with Gasteiger partial charge in [0, 0.05) is 19.6 Å². The molecule has 4 nitrogen and oxygen atoms in total. The van der Waals surface area contributed by atoms with Gasteiger partial charge < -0.3 is 10.4 Å². The first-order valence-corrected chi connectivity index (χ1v) is 5.14. The molecule has 0 unspecified atom stereocenters. The molecule has 0 aliphatic carbocycles. The summed E-state index contributed by atoms with van der Waals surface area (Å²) in [4.78, 5) is 12.7. The van der Waals surface area contributed by atoms with Gasteiger partial charge in [0.1, 0.15) is 5.83 Å². The van der Waals surface area contributed by atoms with Crippen molar-refractivity contribution in [3.8, 4) is 0 Å². The van der Waals surface area contributed by atoms with Crippen LogP contribution in [0.15, 0.2) is 11.9 Å². The number of nitrogens with zero attached hydrogens (tertiary/aromatic N) is 1. The fourth-order valence-corrected chi connectivity index (χ4v) is 2.26. The van der Waals surface area contributed by atoms with E-state index < -0.39 is 5.97 Å². The highest BCUT2D eigenvalue weighted by molar-refractivity contribution is 5.69. The lowest BCUT2D eigenvalue weighted by Gasteiger charge is -2.50. The molecule has 2 rings (SSSR count). The molecule has 0 saturated carbocycles. The van der Waals surface area contributed by atoms with Gasteiger partial charge in [-0.3, -0.25) is 9.69 Å². The Labute approximate surface area is 87.8 Å². The second-order valence-electron chi connectivity index (χ2n) is 4.26. The number of rotatable bonds is 3. The van der Waals surface area contributed by atoms with Gasteiger partial charge >= 0.3 is 5.97 Å². The van der Waals surface area contributed by atoms with Crippen LogP contribution in [-0.2, 0) is 4.79 Å². The van der Waals surface area contributed by atoms with Gasteiger partial charge in [-0.05, 0) is 6.42 Å². The molecule has 1 fully saturated rings. The maximum Gasteiger partial charge on any atom is 0.305 e. The molecule has 2 heterocycles. The molecule has 0 spiro atoms. The van der Waals surface area contributed by atoms with Crippen LogP contribution in [0.4, 0.5) is 4.39 Å². The van der Waals surface area contributed by atoms with Crippen molar-refractivity contribution in [2.45, 2.75) is 18.4 Å². The van der Waals surface area contributed by atoms with E-state index in [0.29, 0.717) is 19.5 Å². The number of halogens is 1. The quantitative estimate of drug-likeness (QED) is 0.712. The minimum absolute atomic E-state index is 0.0906. The lowest BCUT2D eigenvalue weighted by atomic mass is 9.85. The molecular weight excluding hydrogens is 199 g/mol. The van der Waals surface area contributed by atoms with Crippen molar-refractivity contribution in [1.82, 2.24) is 10.2 Å². The standard InChI is InChI=1S/C10H15FN2O2/c11-8-2-1-3-13(5-8)10(4-9(14)15)6-12-7-10/h2,12H,1,3-7H2,(H,14,15). The summed E-state index contributed by atoms with van der Waals surface area (Å²) >= 11 is 0. The molecule has 0 aromatic rings. The van der Waals surface area contributed by atoms with E-state index in [9.17, 15) is 9.18 Å². The molecule has 2 aliphatic heterocycles. The summed E-state index contributed by atoms with van der Waals surface area (Å²) in [6.07, 6.45) is 2.34. The van der Waals surface area contributed by atoms with Crippen molar-refractivity contribution >= 4 is 5.97 Å². The first kappa shape index (κ1) is 10.6. The van der Waals surface area contributed by atoms with Gasteiger partial charge in [0.15, 0.2) is 0 Å². The number of nitrogens with one attached hydrogen (secondary N) is 1. The SMILES string of the molecule is O=C(O)CC1(N2CCC=C(F)C2)CNC1. The summed E-state index contributed by atoms with van der Waals surface area (Å²) in [5.74, 6) is -0.954. The third kappa shape index (κ3) is 2.03. The highest BCUT2D eigenvalue weighted by Crippen LogP contribution is 2.28. The van der Waals surface area contributed by atoms with Crippen LogP contribution in [0.25, 0.3) is 0 Å². The number of carboxylic acids is 1. The fraction of sp³-hybridized carbons (Fsp3) is 0.700. The molecule has 0 amide bonds. The zero-order valence-corrected chi connectivity index (χ0v) is 8.50. The Bertz CT molecular complexity index is 300. The van der Waals surface area contributed by atoms with Crippen molar-refractivity contribution in [2.24, 2.45) is 0 Å². The summed E-state index contributed by atoms with van der Waals surface area (Å²) in [5, 5.41) is 11.9. The Morgan fingerprint density at radius 1 is 1.67 bits per heavy atom. The summed E-state index contributed by atoms with van der Waals surface area (Å²) < 4.78 is 13.1. The third-order valence-corrected chi connectivity index (χ3v) is 3.17. The monoisotopic (exact) mass is 214 g/mol. The van der Waals surface area contributed by atoms with E-state index in [1.54, 1.807) is 6.08 Å². The number of carbonyl (C=O) groups is 1. The van der Waals surface area contributed by atoms with Gasteiger partial charge in [0.25, 0.3) is 0 Å². The Balaban J connectivity index is 2.06. The fourth-order valence-electron chi connectivity index (χ4n) is 2.26. The summed E-state index contributed by atoms with van der Waals surface area (Å²) in [6, 6.07) is 0. The molecule has 0 aromatic carbocycles. The Kier molecular flexibility index (Phi) is 2.75. The average Bonchev–Trinajstić information content (AvgIpc) is 2.11. The normalized spacial score (nSPS) is 25.5. The van der Waals surface area contributed by atoms with E-state index in [1.165, 1.54) is 0 Å². The van der Waals surface area contributed by atoms with E-state index in [4.69, 9.17) is 5.11 Å². The zero-order valence-electron chi connectivity index (χ0n) is 8.50. The minimum Gasteiger partial charge on any atom is -0.481 e. The maximum atomic E-state index is 13.1. The van der Waals surface area contributed by atoms with Gasteiger partial charge in [-0.1, -0.05) is 6.08 Å². The Morgan fingerprint density at radius 3 is 2.87 bits per heavy atom. The van der Waals surface area contributed by atoms with Crippen LogP contribution in [0.2, 0.25) is 0 Å². The first-order chi connectivity index (χ1) is 7.12. The molecule has 0 radical (unpaired) electrons. The van der Waals surface area contributed by atoms with Crippen LogP contribution >= 0.6 is 0 Å². The molecule has 2 N–H and O–H groups in total. The van der Waals surface area contributed by atoms with E-state index in [2.05, 4.69) is 5.32 Å². The largest absolute Gasteiger partial charge is 0.481 e. The van der Waals surface area contributed by atoms with Crippen LogP contribution < -0.4 is 5.32 Å². The molecule has 15 heavy (non-hydrogen) atoms. The van der Waals surface area contributed by atoms with E-state index in [1.807, 2.05) is 4.90 Å². The van der Waals surface area contributed by atoms with Gasteiger partial charge in [-0.2, -0.15) is 0 Å².